The fraction of sp³-hybridized carbons (Fsp3) is 0.500. The number of hydrogen-bond acceptors (Lipinski definition) is 6. The lowest BCUT2D eigenvalue weighted by atomic mass is 9.89. The zero-order chi connectivity index (χ0) is 22.2. The van der Waals surface area contributed by atoms with Gasteiger partial charge in [0.05, 0.1) is 23.3 Å². The molecule has 0 saturated carbocycles. The van der Waals surface area contributed by atoms with E-state index in [1.54, 1.807) is 11.1 Å². The van der Waals surface area contributed by atoms with Gasteiger partial charge in [-0.05, 0) is 43.4 Å². The quantitative estimate of drug-likeness (QED) is 0.674. The zero-order valence-electron chi connectivity index (χ0n) is 17.3. The third-order valence-electron chi connectivity index (χ3n) is 6.25. The summed E-state index contributed by atoms with van der Waals surface area (Å²) in [5.41, 5.74) is 6.16. The monoisotopic (exact) mass is 446 g/mol. The highest BCUT2D eigenvalue weighted by molar-refractivity contribution is 7.89. The fourth-order valence-electron chi connectivity index (χ4n) is 4.71. The summed E-state index contributed by atoms with van der Waals surface area (Å²) in [6.45, 7) is 2.78. The van der Waals surface area contributed by atoms with Crippen LogP contribution in [0.2, 0.25) is 0 Å². The standard InChI is InChI=1S/C20H26N6O4S/c1-2-13-11-25(12-15-10-22-24-23-15)20(28)18-8-4-7-17(13)26(18)31(29,30)16-6-3-5-14(9-16)19(21)27/h3,5-6,9-10,13,17-18H,2,4,7-8,11-12H2,1H3,(H2,21,27)(H,22,23,24)/t13-,17?,18?/m0/s1. The molecule has 3 heterocycles. The highest BCUT2D eigenvalue weighted by atomic mass is 32.2. The molecule has 2 bridgehead atoms. The Labute approximate surface area is 180 Å². The molecule has 11 heteroatoms. The Balaban J connectivity index is 1.75. The SMILES string of the molecule is CC[C@H]1CN(Cc2cnn[nH]2)C(=O)C2CCCC1N2S(=O)(=O)c1cccc(C(N)=O)c1. The Morgan fingerprint density at radius 2 is 2.13 bits per heavy atom. The van der Waals surface area contributed by atoms with E-state index in [0.717, 1.165) is 12.8 Å². The molecule has 0 spiro atoms. The Morgan fingerprint density at radius 3 is 2.81 bits per heavy atom. The van der Waals surface area contributed by atoms with Gasteiger partial charge in [0.15, 0.2) is 0 Å². The van der Waals surface area contributed by atoms with Crippen molar-refractivity contribution in [3.63, 3.8) is 0 Å². The number of carbonyl (C=O) groups excluding carboxylic acids is 2. The van der Waals surface area contributed by atoms with E-state index in [2.05, 4.69) is 15.4 Å². The van der Waals surface area contributed by atoms with Gasteiger partial charge in [0, 0.05) is 18.2 Å². The first-order valence-corrected chi connectivity index (χ1v) is 11.8. The van der Waals surface area contributed by atoms with Gasteiger partial charge in [0.2, 0.25) is 21.8 Å². The van der Waals surface area contributed by atoms with Gasteiger partial charge in [0.1, 0.15) is 6.04 Å². The van der Waals surface area contributed by atoms with Crippen LogP contribution in [0.3, 0.4) is 0 Å². The number of nitrogens with one attached hydrogen (secondary N) is 1. The summed E-state index contributed by atoms with van der Waals surface area (Å²) in [6, 6.07) is 4.63. The Bertz CT molecular complexity index is 1070. The van der Waals surface area contributed by atoms with Crippen LogP contribution in [0.15, 0.2) is 35.4 Å². The number of aromatic nitrogens is 3. The molecule has 0 radical (unpaired) electrons. The van der Waals surface area contributed by atoms with Gasteiger partial charge >= 0.3 is 0 Å². The smallest absolute Gasteiger partial charge is 0.248 e. The number of rotatable bonds is 6. The number of piperidine rings is 1. The molecule has 2 aromatic rings. The molecule has 3 atom stereocenters. The topological polar surface area (TPSA) is 142 Å². The average Bonchev–Trinajstić information content (AvgIpc) is 3.26. The van der Waals surface area contributed by atoms with Crippen LogP contribution in [-0.4, -0.2) is 63.5 Å². The number of aromatic amines is 1. The van der Waals surface area contributed by atoms with E-state index < -0.39 is 22.0 Å². The van der Waals surface area contributed by atoms with Gasteiger partial charge in [-0.25, -0.2) is 8.42 Å². The molecule has 2 amide bonds. The van der Waals surface area contributed by atoms with Crippen molar-refractivity contribution in [1.29, 1.82) is 0 Å². The van der Waals surface area contributed by atoms with Crippen LogP contribution in [-0.2, 0) is 21.4 Å². The summed E-state index contributed by atoms with van der Waals surface area (Å²) >= 11 is 0. The van der Waals surface area contributed by atoms with Gasteiger partial charge in [-0.15, -0.1) is 5.10 Å². The molecule has 10 nitrogen and oxygen atoms in total. The van der Waals surface area contributed by atoms with Crippen LogP contribution >= 0.6 is 0 Å². The van der Waals surface area contributed by atoms with Crippen LogP contribution in [0.4, 0.5) is 0 Å². The second-order valence-corrected chi connectivity index (χ2v) is 9.95. The number of nitrogens with zero attached hydrogens (tertiary/aromatic N) is 4. The Hall–Kier alpha value is -2.79. The number of amides is 2. The first-order chi connectivity index (χ1) is 14.8. The lowest BCUT2D eigenvalue weighted by Crippen LogP contribution is -2.54. The lowest BCUT2D eigenvalue weighted by molar-refractivity contribution is -0.135. The van der Waals surface area contributed by atoms with Crippen molar-refractivity contribution < 1.29 is 18.0 Å². The maximum Gasteiger partial charge on any atom is 0.248 e. The van der Waals surface area contributed by atoms with E-state index in [1.165, 1.54) is 28.6 Å². The second-order valence-electron chi connectivity index (χ2n) is 8.11. The van der Waals surface area contributed by atoms with Crippen molar-refractivity contribution in [3.05, 3.63) is 41.7 Å². The van der Waals surface area contributed by atoms with Gasteiger partial charge in [-0.2, -0.15) is 4.31 Å². The summed E-state index contributed by atoms with van der Waals surface area (Å²) in [4.78, 5) is 26.8. The molecular weight excluding hydrogens is 420 g/mol. The van der Waals surface area contributed by atoms with E-state index in [9.17, 15) is 18.0 Å². The van der Waals surface area contributed by atoms with Crippen molar-refractivity contribution in [2.75, 3.05) is 6.54 Å². The number of hydrogen-bond donors (Lipinski definition) is 2. The van der Waals surface area contributed by atoms with E-state index >= 15 is 0 Å². The van der Waals surface area contributed by atoms with Crippen molar-refractivity contribution >= 4 is 21.8 Å². The van der Waals surface area contributed by atoms with Crippen LogP contribution < -0.4 is 5.73 Å². The van der Waals surface area contributed by atoms with Gasteiger partial charge < -0.3 is 10.6 Å². The van der Waals surface area contributed by atoms with E-state index in [-0.39, 0.29) is 28.3 Å². The van der Waals surface area contributed by atoms with Crippen molar-refractivity contribution in [3.8, 4) is 0 Å². The van der Waals surface area contributed by atoms with Crippen LogP contribution in [0, 0.1) is 5.92 Å². The molecule has 1 aromatic carbocycles. The molecular formula is C20H26N6O4S. The predicted molar refractivity (Wildman–Crippen MR) is 111 cm³/mol. The minimum Gasteiger partial charge on any atom is -0.366 e. The summed E-state index contributed by atoms with van der Waals surface area (Å²) in [5, 5.41) is 10.2. The third-order valence-corrected chi connectivity index (χ3v) is 8.18. The lowest BCUT2D eigenvalue weighted by Gasteiger charge is -2.40. The fourth-order valence-corrected chi connectivity index (χ4v) is 6.64. The largest absolute Gasteiger partial charge is 0.366 e. The molecule has 1 aromatic heterocycles. The first-order valence-electron chi connectivity index (χ1n) is 10.4. The third kappa shape index (κ3) is 3.94. The maximum atomic E-state index is 13.7. The number of primary amides is 1. The maximum absolute atomic E-state index is 13.7. The van der Waals surface area contributed by atoms with Crippen LogP contribution in [0.5, 0.6) is 0 Å². The highest BCUT2D eigenvalue weighted by Gasteiger charge is 2.49. The normalized spacial score (nSPS) is 24.7. The van der Waals surface area contributed by atoms with Crippen LogP contribution in [0.1, 0.15) is 48.7 Å². The number of fused-ring (bicyclic) bond motifs is 2. The number of carbonyl (C=O) groups is 2. The molecule has 2 saturated heterocycles. The van der Waals surface area contributed by atoms with Gasteiger partial charge in [0.25, 0.3) is 0 Å². The first kappa shape index (κ1) is 21.4. The molecule has 2 aliphatic heterocycles. The number of sulfonamides is 1. The molecule has 3 N–H and O–H groups in total. The summed E-state index contributed by atoms with van der Waals surface area (Å²) in [5.74, 6) is -0.931. The highest BCUT2D eigenvalue weighted by Crippen LogP contribution is 2.38. The predicted octanol–water partition coefficient (Wildman–Crippen LogP) is 0.884. The number of H-pyrrole nitrogens is 1. The average molecular weight is 447 g/mol. The Kier molecular flexibility index (Phi) is 5.80. The molecule has 31 heavy (non-hydrogen) atoms. The van der Waals surface area contributed by atoms with E-state index in [1.807, 2.05) is 6.92 Å². The number of nitrogens with two attached hydrogens (primary N) is 1. The molecule has 2 aliphatic rings. The molecule has 0 aliphatic carbocycles. The van der Waals surface area contributed by atoms with Crippen molar-refractivity contribution in [2.45, 2.75) is 56.1 Å². The Morgan fingerprint density at radius 1 is 1.32 bits per heavy atom. The minimum atomic E-state index is -4.02. The summed E-state index contributed by atoms with van der Waals surface area (Å²) < 4.78 is 28.9. The van der Waals surface area contributed by atoms with Gasteiger partial charge in [-0.1, -0.05) is 24.6 Å². The van der Waals surface area contributed by atoms with E-state index in [4.69, 9.17) is 5.73 Å². The summed E-state index contributed by atoms with van der Waals surface area (Å²) in [7, 11) is -4.02. The number of benzene rings is 1. The molecule has 2 unspecified atom stereocenters. The van der Waals surface area contributed by atoms with E-state index in [0.29, 0.717) is 31.6 Å². The molecule has 2 fully saturated rings. The molecule has 4 rings (SSSR count). The summed E-state index contributed by atoms with van der Waals surface area (Å²) in [6.07, 6.45) is 4.23. The van der Waals surface area contributed by atoms with Crippen molar-refractivity contribution in [2.24, 2.45) is 11.7 Å². The molecule has 166 valence electrons. The minimum absolute atomic E-state index is 0.0146. The van der Waals surface area contributed by atoms with Crippen molar-refractivity contribution in [1.82, 2.24) is 24.6 Å². The van der Waals surface area contributed by atoms with Gasteiger partial charge in [-0.3, -0.25) is 14.7 Å². The van der Waals surface area contributed by atoms with Crippen LogP contribution in [0.25, 0.3) is 0 Å². The zero-order valence-corrected chi connectivity index (χ0v) is 18.1. The second kappa shape index (κ2) is 8.39.